The van der Waals surface area contributed by atoms with E-state index in [0.717, 1.165) is 28.2 Å². The molecule has 1 saturated heterocycles. The molecule has 4 rings (SSSR count). The number of pyridine rings is 1. The van der Waals surface area contributed by atoms with Crippen molar-refractivity contribution in [1.29, 1.82) is 0 Å². The zero-order chi connectivity index (χ0) is 20.4. The van der Waals surface area contributed by atoms with Crippen molar-refractivity contribution in [2.24, 2.45) is 0 Å². The van der Waals surface area contributed by atoms with Crippen LogP contribution in [0.2, 0.25) is 0 Å². The number of aryl methyl sites for hydroxylation is 2. The molecule has 7 heteroatoms. The summed E-state index contributed by atoms with van der Waals surface area (Å²) in [4.78, 5) is 19.2. The van der Waals surface area contributed by atoms with E-state index in [-0.39, 0.29) is 24.2 Å². The predicted molar refractivity (Wildman–Crippen MR) is 105 cm³/mol. The Labute approximate surface area is 168 Å². The molecule has 1 fully saturated rings. The van der Waals surface area contributed by atoms with Gasteiger partial charge in [0.15, 0.2) is 0 Å². The molecule has 1 aromatic carbocycles. The molecular weight excluding hydrogens is 373 g/mol. The van der Waals surface area contributed by atoms with Crippen LogP contribution in [0, 0.1) is 19.7 Å². The minimum Gasteiger partial charge on any atom is -0.368 e. The predicted octanol–water partition coefficient (Wildman–Crippen LogP) is 3.64. The third kappa shape index (κ3) is 4.19. The molecule has 3 heterocycles. The Morgan fingerprint density at radius 1 is 1.21 bits per heavy atom. The highest BCUT2D eigenvalue weighted by Gasteiger charge is 2.27. The fraction of sp³-hybridized carbons (Fsp3) is 0.318. The highest BCUT2D eigenvalue weighted by atomic mass is 19.1. The van der Waals surface area contributed by atoms with Crippen LogP contribution in [0.1, 0.15) is 28.8 Å². The van der Waals surface area contributed by atoms with Gasteiger partial charge in [0.25, 0.3) is 0 Å². The Hall–Kier alpha value is -3.06. The number of hydrogen-bond donors (Lipinski definition) is 0. The van der Waals surface area contributed by atoms with Gasteiger partial charge in [0.2, 0.25) is 5.91 Å². The van der Waals surface area contributed by atoms with E-state index in [1.165, 1.54) is 12.1 Å². The molecule has 29 heavy (non-hydrogen) atoms. The van der Waals surface area contributed by atoms with E-state index in [9.17, 15) is 9.18 Å². The van der Waals surface area contributed by atoms with E-state index in [1.807, 2.05) is 32.0 Å². The van der Waals surface area contributed by atoms with Crippen molar-refractivity contribution in [1.82, 2.24) is 15.0 Å². The van der Waals surface area contributed by atoms with E-state index in [4.69, 9.17) is 14.2 Å². The molecule has 0 aliphatic carbocycles. The number of aromatic nitrogens is 2. The van der Waals surface area contributed by atoms with E-state index in [0.29, 0.717) is 25.5 Å². The second kappa shape index (κ2) is 8.13. The number of amides is 1. The van der Waals surface area contributed by atoms with Crippen LogP contribution in [-0.2, 0) is 16.0 Å². The molecule has 0 spiro atoms. The van der Waals surface area contributed by atoms with Crippen LogP contribution < -0.4 is 0 Å². The van der Waals surface area contributed by atoms with Crippen molar-refractivity contribution < 1.29 is 18.4 Å². The molecule has 1 aliphatic heterocycles. The first kappa shape index (κ1) is 19.3. The maximum atomic E-state index is 13.1. The van der Waals surface area contributed by atoms with Crippen LogP contribution >= 0.6 is 0 Å². The molecule has 0 bridgehead atoms. The molecule has 6 nitrogen and oxygen atoms in total. The van der Waals surface area contributed by atoms with Gasteiger partial charge in [0.05, 0.1) is 42.2 Å². The molecular formula is C22H22FN3O3. The Kier molecular flexibility index (Phi) is 5.40. The fourth-order valence-electron chi connectivity index (χ4n) is 3.56. The van der Waals surface area contributed by atoms with Crippen molar-refractivity contribution >= 4 is 5.91 Å². The van der Waals surface area contributed by atoms with Gasteiger partial charge in [0.1, 0.15) is 17.7 Å². The Morgan fingerprint density at radius 3 is 2.72 bits per heavy atom. The largest absolute Gasteiger partial charge is 0.368 e. The molecule has 1 unspecified atom stereocenters. The molecule has 0 saturated carbocycles. The zero-order valence-corrected chi connectivity index (χ0v) is 16.4. The van der Waals surface area contributed by atoms with Gasteiger partial charge in [-0.05, 0) is 43.7 Å². The molecule has 1 atom stereocenters. The number of ether oxygens (including phenoxy) is 1. The number of carbonyl (C=O) groups is 1. The first-order valence-electron chi connectivity index (χ1n) is 9.55. The van der Waals surface area contributed by atoms with Gasteiger partial charge in [-0.1, -0.05) is 23.4 Å². The second-order valence-corrected chi connectivity index (χ2v) is 7.15. The second-order valence-electron chi connectivity index (χ2n) is 7.15. The van der Waals surface area contributed by atoms with Gasteiger partial charge >= 0.3 is 0 Å². The number of benzene rings is 1. The van der Waals surface area contributed by atoms with E-state index in [1.54, 1.807) is 17.0 Å². The highest BCUT2D eigenvalue weighted by molar-refractivity contribution is 5.79. The monoisotopic (exact) mass is 395 g/mol. The summed E-state index contributed by atoms with van der Waals surface area (Å²) in [5.74, 6) is 0.400. The zero-order valence-electron chi connectivity index (χ0n) is 16.4. The molecule has 150 valence electrons. The average Bonchev–Trinajstić information content (AvgIpc) is 3.08. The maximum Gasteiger partial charge on any atom is 0.227 e. The lowest BCUT2D eigenvalue weighted by Gasteiger charge is -2.33. The van der Waals surface area contributed by atoms with E-state index >= 15 is 0 Å². The van der Waals surface area contributed by atoms with Crippen LogP contribution in [0.15, 0.2) is 47.0 Å². The summed E-state index contributed by atoms with van der Waals surface area (Å²) >= 11 is 0. The Bertz CT molecular complexity index is 997. The van der Waals surface area contributed by atoms with Crippen LogP contribution in [0.3, 0.4) is 0 Å². The van der Waals surface area contributed by atoms with Crippen molar-refractivity contribution in [3.63, 3.8) is 0 Å². The summed E-state index contributed by atoms with van der Waals surface area (Å²) in [6.07, 6.45) is -0.0687. The van der Waals surface area contributed by atoms with Crippen LogP contribution in [0.4, 0.5) is 4.39 Å². The quantitative estimate of drug-likeness (QED) is 0.675. The van der Waals surface area contributed by atoms with E-state index < -0.39 is 0 Å². The first-order valence-corrected chi connectivity index (χ1v) is 9.55. The third-order valence-electron chi connectivity index (χ3n) is 5.08. The Balaban J connectivity index is 1.49. The SMILES string of the molecule is Cc1noc(C)c1-c1cccc(C2CN(C(=O)Cc3ccc(F)cc3)CCO2)n1. The number of carbonyl (C=O) groups excluding carboxylic acids is 1. The van der Waals surface area contributed by atoms with Gasteiger partial charge in [-0.15, -0.1) is 0 Å². The van der Waals surface area contributed by atoms with Crippen molar-refractivity contribution in [2.75, 3.05) is 19.7 Å². The lowest BCUT2D eigenvalue weighted by molar-refractivity contribution is -0.138. The number of hydrogen-bond acceptors (Lipinski definition) is 5. The number of nitrogens with zero attached hydrogens (tertiary/aromatic N) is 3. The minimum absolute atomic E-state index is 0.00761. The lowest BCUT2D eigenvalue weighted by atomic mass is 10.1. The maximum absolute atomic E-state index is 13.1. The van der Waals surface area contributed by atoms with Gasteiger partial charge in [-0.25, -0.2) is 9.37 Å². The summed E-state index contributed by atoms with van der Waals surface area (Å²) in [5.41, 5.74) is 4.00. The third-order valence-corrected chi connectivity index (χ3v) is 5.08. The molecule has 2 aromatic heterocycles. The number of rotatable bonds is 4. The molecule has 1 amide bonds. The molecule has 3 aromatic rings. The fourth-order valence-corrected chi connectivity index (χ4v) is 3.56. The van der Waals surface area contributed by atoms with Crippen LogP contribution in [-0.4, -0.2) is 40.6 Å². The standard InChI is InChI=1S/C22H22FN3O3/c1-14-22(15(2)29-25-14)19-5-3-4-18(24-19)20-13-26(10-11-28-20)21(27)12-16-6-8-17(23)9-7-16/h3-9,20H,10-13H2,1-2H3. The summed E-state index contributed by atoms with van der Waals surface area (Å²) in [5, 5.41) is 3.99. The van der Waals surface area contributed by atoms with Crippen molar-refractivity contribution in [3.8, 4) is 11.3 Å². The average molecular weight is 395 g/mol. The summed E-state index contributed by atoms with van der Waals surface area (Å²) < 4.78 is 24.2. The number of halogens is 1. The van der Waals surface area contributed by atoms with Gasteiger partial charge < -0.3 is 14.2 Å². The normalized spacial score (nSPS) is 16.8. The van der Waals surface area contributed by atoms with Gasteiger partial charge in [-0.3, -0.25) is 4.79 Å². The summed E-state index contributed by atoms with van der Waals surface area (Å²) in [6, 6.07) is 11.8. The lowest BCUT2D eigenvalue weighted by Crippen LogP contribution is -2.43. The molecule has 1 aliphatic rings. The van der Waals surface area contributed by atoms with Crippen molar-refractivity contribution in [2.45, 2.75) is 26.4 Å². The van der Waals surface area contributed by atoms with Gasteiger partial charge in [0, 0.05) is 6.54 Å². The van der Waals surface area contributed by atoms with Crippen molar-refractivity contribution in [3.05, 3.63) is 71.0 Å². The van der Waals surface area contributed by atoms with Crippen LogP contribution in [0.25, 0.3) is 11.3 Å². The smallest absolute Gasteiger partial charge is 0.227 e. The first-order chi connectivity index (χ1) is 14.0. The van der Waals surface area contributed by atoms with Crippen LogP contribution in [0.5, 0.6) is 0 Å². The number of morpholine rings is 1. The Morgan fingerprint density at radius 2 is 2.00 bits per heavy atom. The summed E-state index contributed by atoms with van der Waals surface area (Å²) in [7, 11) is 0. The van der Waals surface area contributed by atoms with Gasteiger partial charge in [-0.2, -0.15) is 0 Å². The topological polar surface area (TPSA) is 68.5 Å². The molecule has 0 N–H and O–H groups in total. The van der Waals surface area contributed by atoms with E-state index in [2.05, 4.69) is 5.16 Å². The molecule has 0 radical (unpaired) electrons. The highest BCUT2D eigenvalue weighted by Crippen LogP contribution is 2.28. The minimum atomic E-state index is -0.308. The summed E-state index contributed by atoms with van der Waals surface area (Å²) in [6.45, 7) is 5.14.